The molecule has 2 aromatic carbocycles. The molecule has 6 nitrogen and oxygen atoms in total. The van der Waals surface area contributed by atoms with Crippen molar-refractivity contribution >= 4 is 23.5 Å². The molecular formula is C28H35N3O3. The molecule has 1 unspecified atom stereocenters. The first-order chi connectivity index (χ1) is 16.4. The number of likely N-dealkylation sites (N-methyl/N-ethyl adjacent to an activating group) is 1. The molecule has 2 aromatic rings. The van der Waals surface area contributed by atoms with E-state index in [1.807, 2.05) is 18.2 Å². The third kappa shape index (κ3) is 5.93. The van der Waals surface area contributed by atoms with Crippen LogP contribution in [-0.4, -0.2) is 74.9 Å². The quantitative estimate of drug-likeness (QED) is 0.464. The Hall–Kier alpha value is -2.96. The van der Waals surface area contributed by atoms with Crippen LogP contribution in [0.2, 0.25) is 0 Å². The topological polar surface area (TPSA) is 53.1 Å². The average Bonchev–Trinajstić information content (AvgIpc) is 2.86. The van der Waals surface area contributed by atoms with Gasteiger partial charge in [-0.2, -0.15) is 0 Å². The SMILES string of the molecule is CC(=O)c1ccc(N2CCN(CCC3OCCc4cc(/C=C/C(=O)N(C)C)ccc43)CC2)cc1. The second kappa shape index (κ2) is 11.0. The zero-order chi connectivity index (χ0) is 24.1. The summed E-state index contributed by atoms with van der Waals surface area (Å²) in [7, 11) is 3.52. The lowest BCUT2D eigenvalue weighted by atomic mass is 9.93. The van der Waals surface area contributed by atoms with Gasteiger partial charge in [-0.15, -0.1) is 0 Å². The summed E-state index contributed by atoms with van der Waals surface area (Å²) in [4.78, 5) is 29.8. The first-order valence-corrected chi connectivity index (χ1v) is 12.1. The second-order valence-electron chi connectivity index (χ2n) is 9.35. The van der Waals surface area contributed by atoms with E-state index in [0.29, 0.717) is 0 Å². The van der Waals surface area contributed by atoms with Crippen LogP contribution in [0.3, 0.4) is 0 Å². The summed E-state index contributed by atoms with van der Waals surface area (Å²) in [6.07, 6.45) is 5.53. The van der Waals surface area contributed by atoms with Crippen LogP contribution in [0.4, 0.5) is 5.69 Å². The number of amides is 1. The van der Waals surface area contributed by atoms with Gasteiger partial charge < -0.3 is 14.5 Å². The molecule has 0 bridgehead atoms. The molecule has 6 heteroatoms. The zero-order valence-electron chi connectivity index (χ0n) is 20.5. The van der Waals surface area contributed by atoms with Gasteiger partial charge in [0, 0.05) is 64.1 Å². The largest absolute Gasteiger partial charge is 0.373 e. The Labute approximate surface area is 202 Å². The number of hydrogen-bond donors (Lipinski definition) is 0. The van der Waals surface area contributed by atoms with Crippen molar-refractivity contribution in [3.05, 3.63) is 70.8 Å². The van der Waals surface area contributed by atoms with Crippen molar-refractivity contribution in [3.8, 4) is 0 Å². The molecular weight excluding hydrogens is 426 g/mol. The highest BCUT2D eigenvalue weighted by Gasteiger charge is 2.23. The number of ether oxygens (including phenoxy) is 1. The van der Waals surface area contributed by atoms with Gasteiger partial charge in [0.1, 0.15) is 0 Å². The van der Waals surface area contributed by atoms with Crippen molar-refractivity contribution in [2.75, 3.05) is 58.3 Å². The van der Waals surface area contributed by atoms with Crippen molar-refractivity contribution in [2.45, 2.75) is 25.9 Å². The van der Waals surface area contributed by atoms with Gasteiger partial charge in [-0.25, -0.2) is 0 Å². The first kappa shape index (κ1) is 24.2. The lowest BCUT2D eigenvalue weighted by molar-refractivity contribution is -0.123. The Morgan fingerprint density at radius 3 is 2.47 bits per heavy atom. The van der Waals surface area contributed by atoms with Gasteiger partial charge in [0.15, 0.2) is 5.78 Å². The van der Waals surface area contributed by atoms with E-state index in [-0.39, 0.29) is 17.8 Å². The fourth-order valence-electron chi connectivity index (χ4n) is 4.65. The van der Waals surface area contributed by atoms with Gasteiger partial charge in [0.05, 0.1) is 12.7 Å². The molecule has 1 saturated heterocycles. The first-order valence-electron chi connectivity index (χ1n) is 12.1. The average molecular weight is 462 g/mol. The van der Waals surface area contributed by atoms with Gasteiger partial charge >= 0.3 is 0 Å². The summed E-state index contributed by atoms with van der Waals surface area (Å²) in [6.45, 7) is 7.39. The van der Waals surface area contributed by atoms with Crippen LogP contribution in [0.1, 0.15) is 46.5 Å². The Kier molecular flexibility index (Phi) is 7.80. The van der Waals surface area contributed by atoms with Crippen molar-refractivity contribution in [1.82, 2.24) is 9.80 Å². The van der Waals surface area contributed by atoms with Crippen LogP contribution in [-0.2, 0) is 16.0 Å². The van der Waals surface area contributed by atoms with E-state index in [0.717, 1.165) is 63.3 Å². The highest BCUT2D eigenvalue weighted by atomic mass is 16.5. The Bertz CT molecular complexity index is 1040. The van der Waals surface area contributed by atoms with Gasteiger partial charge in [-0.3, -0.25) is 14.5 Å². The van der Waals surface area contributed by atoms with Crippen LogP contribution in [0.15, 0.2) is 48.5 Å². The molecule has 4 rings (SSSR count). The Balaban J connectivity index is 1.29. The van der Waals surface area contributed by atoms with E-state index < -0.39 is 0 Å². The maximum atomic E-state index is 11.8. The summed E-state index contributed by atoms with van der Waals surface area (Å²) in [6, 6.07) is 14.4. The third-order valence-corrected chi connectivity index (χ3v) is 6.78. The molecule has 0 aromatic heterocycles. The monoisotopic (exact) mass is 461 g/mol. The molecule has 2 aliphatic rings. The van der Waals surface area contributed by atoms with Gasteiger partial charge in [-0.1, -0.05) is 18.2 Å². The highest BCUT2D eigenvalue weighted by Crippen LogP contribution is 2.31. The fraction of sp³-hybridized carbons (Fsp3) is 0.429. The number of carbonyl (C=O) groups excluding carboxylic acids is 2. The molecule has 0 saturated carbocycles. The number of carbonyl (C=O) groups is 2. The number of rotatable bonds is 7. The number of benzene rings is 2. The van der Waals surface area contributed by atoms with E-state index in [1.54, 1.807) is 32.0 Å². The molecule has 0 aliphatic carbocycles. The summed E-state index contributed by atoms with van der Waals surface area (Å²) < 4.78 is 6.14. The minimum atomic E-state index is -0.00731. The van der Waals surface area contributed by atoms with E-state index in [1.165, 1.54) is 16.8 Å². The summed E-state index contributed by atoms with van der Waals surface area (Å²) >= 11 is 0. The van der Waals surface area contributed by atoms with Crippen molar-refractivity contribution in [1.29, 1.82) is 0 Å². The standard InChI is InChI=1S/C28H35N3O3/c1-21(32)23-6-8-25(9-7-23)31-17-15-30(16-18-31)14-12-27-26-10-4-22(5-11-28(33)29(2)3)20-24(26)13-19-34-27/h4-11,20,27H,12-19H2,1-3H3/b11-5+. The van der Waals surface area contributed by atoms with Crippen molar-refractivity contribution < 1.29 is 14.3 Å². The van der Waals surface area contributed by atoms with E-state index in [2.05, 4.69) is 40.1 Å². The zero-order valence-corrected chi connectivity index (χ0v) is 20.5. The maximum Gasteiger partial charge on any atom is 0.246 e. The smallest absolute Gasteiger partial charge is 0.246 e. The lowest BCUT2D eigenvalue weighted by Crippen LogP contribution is -2.47. The van der Waals surface area contributed by atoms with E-state index >= 15 is 0 Å². The molecule has 2 aliphatic heterocycles. The van der Waals surface area contributed by atoms with Crippen LogP contribution < -0.4 is 4.90 Å². The van der Waals surface area contributed by atoms with Crippen molar-refractivity contribution in [3.63, 3.8) is 0 Å². The molecule has 0 N–H and O–H groups in total. The summed E-state index contributed by atoms with van der Waals surface area (Å²) in [5, 5.41) is 0. The number of hydrogen-bond acceptors (Lipinski definition) is 5. The normalized spacial score (nSPS) is 18.7. The van der Waals surface area contributed by atoms with Gasteiger partial charge in [0.2, 0.25) is 5.91 Å². The number of piperazine rings is 1. The summed E-state index contributed by atoms with van der Waals surface area (Å²) in [5.74, 6) is 0.0992. The lowest BCUT2D eigenvalue weighted by Gasteiger charge is -2.37. The molecule has 1 amide bonds. The second-order valence-corrected chi connectivity index (χ2v) is 9.35. The molecule has 2 heterocycles. The van der Waals surface area contributed by atoms with Crippen molar-refractivity contribution in [2.24, 2.45) is 0 Å². The van der Waals surface area contributed by atoms with E-state index in [4.69, 9.17) is 4.74 Å². The number of nitrogens with zero attached hydrogens (tertiary/aromatic N) is 3. The number of anilines is 1. The van der Waals surface area contributed by atoms with Crippen LogP contribution >= 0.6 is 0 Å². The van der Waals surface area contributed by atoms with Gasteiger partial charge in [-0.05, 0) is 66.8 Å². The molecule has 1 atom stereocenters. The van der Waals surface area contributed by atoms with Crippen LogP contribution in [0.25, 0.3) is 6.08 Å². The van der Waals surface area contributed by atoms with E-state index in [9.17, 15) is 9.59 Å². The number of ketones is 1. The van der Waals surface area contributed by atoms with Crippen LogP contribution in [0, 0.1) is 0 Å². The molecule has 0 radical (unpaired) electrons. The maximum absolute atomic E-state index is 11.8. The molecule has 1 fully saturated rings. The summed E-state index contributed by atoms with van der Waals surface area (Å²) in [5.41, 5.74) is 5.62. The van der Waals surface area contributed by atoms with Gasteiger partial charge in [0.25, 0.3) is 0 Å². The van der Waals surface area contributed by atoms with Crippen LogP contribution in [0.5, 0.6) is 0 Å². The predicted molar refractivity (Wildman–Crippen MR) is 136 cm³/mol. The minimum absolute atomic E-state index is 0.00731. The minimum Gasteiger partial charge on any atom is -0.373 e. The third-order valence-electron chi connectivity index (χ3n) is 6.78. The molecule has 180 valence electrons. The fourth-order valence-corrected chi connectivity index (χ4v) is 4.65. The predicted octanol–water partition coefficient (Wildman–Crippen LogP) is 3.82. The number of Topliss-reactive ketones (excluding diaryl/α,β-unsaturated/α-hetero) is 1. The Morgan fingerprint density at radius 1 is 1.06 bits per heavy atom. The molecule has 34 heavy (non-hydrogen) atoms. The Morgan fingerprint density at radius 2 is 1.79 bits per heavy atom. The molecule has 0 spiro atoms. The number of fused-ring (bicyclic) bond motifs is 1. The highest BCUT2D eigenvalue weighted by molar-refractivity contribution is 5.94.